The van der Waals surface area contributed by atoms with E-state index in [9.17, 15) is 17.7 Å². The normalized spacial score (nSPS) is 15.0. The van der Waals surface area contributed by atoms with Crippen molar-refractivity contribution in [3.63, 3.8) is 0 Å². The average molecular weight is 270 g/mol. The maximum Gasteiger partial charge on any atom is 1.00 e. The Kier molecular flexibility index (Phi) is 5.45. The molecule has 0 saturated carbocycles. The van der Waals surface area contributed by atoms with Crippen LogP contribution in [0.2, 0.25) is 0 Å². The molecule has 0 amide bonds. The minimum absolute atomic E-state index is 0. The Morgan fingerprint density at radius 3 is 2.59 bits per heavy atom. The molecule has 0 unspecified atom stereocenters. The number of aryl methyl sites for hydroxylation is 1. The molecule has 1 heterocycles. The molecule has 0 fully saturated rings. The van der Waals surface area contributed by atoms with E-state index in [0.717, 1.165) is 23.6 Å². The number of hydrogen-bond acceptors (Lipinski definition) is 2. The van der Waals surface area contributed by atoms with Crippen molar-refractivity contribution in [2.24, 2.45) is 0 Å². The van der Waals surface area contributed by atoms with Gasteiger partial charge in [0.1, 0.15) is 0 Å². The van der Waals surface area contributed by atoms with Crippen molar-refractivity contribution in [2.75, 3.05) is 0 Å². The molecule has 0 aliphatic heterocycles. The molecule has 88 valence electrons. The molecular formula is C9H11BF3KN2O. The van der Waals surface area contributed by atoms with Crippen molar-refractivity contribution < 1.29 is 64.3 Å². The van der Waals surface area contributed by atoms with Crippen molar-refractivity contribution in [3.05, 3.63) is 27.9 Å². The number of hydrogen-bond donors (Lipinski definition) is 0. The number of nitrogens with zero attached hydrogens (tertiary/aromatic N) is 2. The fourth-order valence-corrected chi connectivity index (χ4v) is 2.05. The van der Waals surface area contributed by atoms with E-state index < -0.39 is 19.0 Å². The van der Waals surface area contributed by atoms with E-state index in [2.05, 4.69) is 4.98 Å². The van der Waals surface area contributed by atoms with Gasteiger partial charge in [0.2, 0.25) is 0 Å². The van der Waals surface area contributed by atoms with Crippen LogP contribution in [-0.2, 0) is 19.3 Å². The Hall–Kier alpha value is 0.371. The van der Waals surface area contributed by atoms with Gasteiger partial charge in [-0.25, -0.2) is 0 Å². The zero-order chi connectivity index (χ0) is 11.8. The summed E-state index contributed by atoms with van der Waals surface area (Å²) in [7, 11) is 0. The smallest absolute Gasteiger partial charge is 0.448 e. The third kappa shape index (κ3) is 3.92. The number of halogens is 3. The zero-order valence-corrected chi connectivity index (χ0v) is 12.7. The van der Waals surface area contributed by atoms with Crippen LogP contribution in [0.4, 0.5) is 12.9 Å². The molecule has 0 saturated heterocycles. The molecule has 1 aliphatic carbocycles. The minimum Gasteiger partial charge on any atom is -0.448 e. The first kappa shape index (κ1) is 15.4. The fourth-order valence-electron chi connectivity index (χ4n) is 2.05. The van der Waals surface area contributed by atoms with Gasteiger partial charge in [0.15, 0.2) is 0 Å². The number of rotatable bonds is 2. The van der Waals surface area contributed by atoms with Crippen LogP contribution in [0.1, 0.15) is 24.2 Å². The van der Waals surface area contributed by atoms with E-state index in [1.54, 1.807) is 0 Å². The van der Waals surface area contributed by atoms with Crippen LogP contribution < -0.4 is 56.9 Å². The van der Waals surface area contributed by atoms with Crippen LogP contribution in [0.3, 0.4) is 0 Å². The minimum atomic E-state index is -4.99. The van der Waals surface area contributed by atoms with Gasteiger partial charge in [-0.3, -0.25) is 9.78 Å². The summed E-state index contributed by atoms with van der Waals surface area (Å²) in [5, 5.41) is 0. The van der Waals surface area contributed by atoms with Crippen molar-refractivity contribution in [2.45, 2.75) is 32.1 Å². The molecule has 0 spiro atoms. The summed E-state index contributed by atoms with van der Waals surface area (Å²) < 4.78 is 38.0. The number of fused-ring (bicyclic) bond motifs is 1. The largest absolute Gasteiger partial charge is 1.00 e. The molecule has 1 aromatic heterocycles. The van der Waals surface area contributed by atoms with Gasteiger partial charge in [-0.05, 0) is 32.1 Å². The summed E-state index contributed by atoms with van der Waals surface area (Å²) >= 11 is 0. The van der Waals surface area contributed by atoms with Crippen molar-refractivity contribution >= 4 is 6.98 Å². The van der Waals surface area contributed by atoms with E-state index in [4.69, 9.17) is 0 Å². The molecule has 0 atom stereocenters. The maximum atomic E-state index is 12.4. The van der Waals surface area contributed by atoms with Gasteiger partial charge in [0, 0.05) is 5.69 Å². The zero-order valence-electron chi connectivity index (χ0n) is 9.63. The van der Waals surface area contributed by atoms with Gasteiger partial charge < -0.3 is 17.5 Å². The summed E-state index contributed by atoms with van der Waals surface area (Å²) in [6.07, 6.45) is 2.78. The average Bonchev–Trinajstić information content (AvgIpc) is 2.21. The van der Waals surface area contributed by atoms with Gasteiger partial charge >= 0.3 is 58.4 Å². The molecule has 8 heteroatoms. The van der Waals surface area contributed by atoms with Crippen molar-refractivity contribution in [3.8, 4) is 0 Å². The van der Waals surface area contributed by atoms with E-state index in [1.165, 1.54) is 0 Å². The van der Waals surface area contributed by atoms with Crippen LogP contribution >= 0.6 is 0 Å². The first-order valence-electron chi connectivity index (χ1n) is 5.26. The van der Waals surface area contributed by atoms with E-state index in [1.807, 2.05) is 0 Å². The first-order valence-corrected chi connectivity index (χ1v) is 5.26. The number of aromatic nitrogens is 2. The molecule has 3 nitrogen and oxygen atoms in total. The molecule has 1 aliphatic rings. The second-order valence-electron chi connectivity index (χ2n) is 4.02. The monoisotopic (exact) mass is 270 g/mol. The van der Waals surface area contributed by atoms with E-state index in [-0.39, 0.29) is 51.4 Å². The van der Waals surface area contributed by atoms with Crippen LogP contribution in [0.25, 0.3) is 0 Å². The third-order valence-electron chi connectivity index (χ3n) is 2.72. The predicted molar refractivity (Wildman–Crippen MR) is 54.2 cm³/mol. The second kappa shape index (κ2) is 6.01. The van der Waals surface area contributed by atoms with E-state index in [0.29, 0.717) is 24.2 Å². The summed E-state index contributed by atoms with van der Waals surface area (Å²) in [5.41, 5.74) is 0.462. The Labute approximate surface area is 139 Å². The van der Waals surface area contributed by atoms with Gasteiger partial charge in [-0.2, -0.15) is 0 Å². The summed E-state index contributed by atoms with van der Waals surface area (Å²) in [4.78, 5) is 15.3. The summed E-state index contributed by atoms with van der Waals surface area (Å²) in [6, 6.07) is 0. The van der Waals surface area contributed by atoms with Crippen molar-refractivity contribution in [1.29, 1.82) is 0 Å². The molecule has 0 aromatic carbocycles. The standard InChI is InChI=1S/C9H11BF3N2O.K/c11-10(12,13)6-15-8-4-2-1-3-7(8)14-5-9(15)16;/h5H,1-4,6H2;/q-1;+1. The van der Waals surface area contributed by atoms with Gasteiger partial charge in [-0.15, -0.1) is 0 Å². The molecule has 0 radical (unpaired) electrons. The first-order chi connectivity index (χ1) is 7.47. The quantitative estimate of drug-likeness (QED) is 0.614. The van der Waals surface area contributed by atoms with E-state index >= 15 is 0 Å². The molecule has 1 aromatic rings. The van der Waals surface area contributed by atoms with Gasteiger partial charge in [0.05, 0.1) is 11.9 Å². The SMILES string of the molecule is O=c1cnc2c(n1C[B-](F)(F)F)CCCC2.[K+]. The third-order valence-corrected chi connectivity index (χ3v) is 2.72. The molecule has 0 N–H and O–H groups in total. The molecule has 2 rings (SSSR count). The van der Waals surface area contributed by atoms with Crippen LogP contribution in [0, 0.1) is 0 Å². The summed E-state index contributed by atoms with van der Waals surface area (Å²) in [5.74, 6) is 0. The Bertz CT molecular complexity index is 461. The van der Waals surface area contributed by atoms with Crippen LogP contribution in [-0.4, -0.2) is 16.5 Å². The van der Waals surface area contributed by atoms with Gasteiger partial charge in [0.25, 0.3) is 5.56 Å². The predicted octanol–water partition coefficient (Wildman–Crippen LogP) is -1.49. The topological polar surface area (TPSA) is 34.9 Å². The molecule has 17 heavy (non-hydrogen) atoms. The molecular weight excluding hydrogens is 259 g/mol. The van der Waals surface area contributed by atoms with Gasteiger partial charge in [-0.1, -0.05) is 0 Å². The fraction of sp³-hybridized carbons (Fsp3) is 0.556. The van der Waals surface area contributed by atoms with Crippen LogP contribution in [0.5, 0.6) is 0 Å². The molecule has 0 bridgehead atoms. The Balaban J connectivity index is 0.00000144. The van der Waals surface area contributed by atoms with Crippen LogP contribution in [0.15, 0.2) is 11.0 Å². The maximum absolute atomic E-state index is 12.4. The Morgan fingerprint density at radius 2 is 1.94 bits per heavy atom. The summed E-state index contributed by atoms with van der Waals surface area (Å²) in [6.45, 7) is -4.99. The Morgan fingerprint density at radius 1 is 1.29 bits per heavy atom. The second-order valence-corrected chi connectivity index (χ2v) is 4.02. The van der Waals surface area contributed by atoms with Crippen molar-refractivity contribution in [1.82, 2.24) is 9.55 Å².